The molecule has 24 heavy (non-hydrogen) atoms. The van der Waals surface area contributed by atoms with Crippen molar-refractivity contribution >= 4 is 21.6 Å². The molecule has 0 radical (unpaired) electrons. The van der Waals surface area contributed by atoms with E-state index in [1.54, 1.807) is 31.2 Å². The first-order valence-electron chi connectivity index (χ1n) is 7.81. The number of carbonyl (C=O) groups excluding carboxylic acids is 1. The summed E-state index contributed by atoms with van der Waals surface area (Å²) in [6.45, 7) is 5.11. The molecule has 1 atom stereocenters. The molecule has 0 aromatic heterocycles. The van der Waals surface area contributed by atoms with Crippen molar-refractivity contribution < 1.29 is 17.9 Å². The van der Waals surface area contributed by atoms with Gasteiger partial charge in [0.2, 0.25) is 15.9 Å². The minimum absolute atomic E-state index is 0.337. The Hall–Kier alpha value is -1.80. The van der Waals surface area contributed by atoms with Gasteiger partial charge >= 0.3 is 0 Å². The van der Waals surface area contributed by atoms with Crippen LogP contribution in [0.25, 0.3) is 0 Å². The summed E-state index contributed by atoms with van der Waals surface area (Å²) in [5.41, 5.74) is 0.427. The number of anilines is 1. The first-order chi connectivity index (χ1) is 11.2. The lowest BCUT2D eigenvalue weighted by atomic mass is 10.2. The van der Waals surface area contributed by atoms with E-state index in [1.807, 2.05) is 25.9 Å². The Balaban J connectivity index is 2.94. The molecular formula is C16H27N3O4S. The SMILES string of the molecule is CCOc1ccc(N([C@@H](C)C(=O)NCCN(C)C)S(C)(=O)=O)cc1. The standard InChI is InChI=1S/C16H27N3O4S/c1-6-23-15-9-7-14(8-10-15)19(24(5,21)22)13(2)16(20)17-11-12-18(3)4/h7-10,13H,6,11-12H2,1-5H3,(H,17,20)/t13-/m0/s1. The quantitative estimate of drug-likeness (QED) is 0.711. The molecule has 0 unspecified atom stereocenters. The van der Waals surface area contributed by atoms with Crippen molar-refractivity contribution in [1.82, 2.24) is 10.2 Å². The Morgan fingerprint density at radius 2 is 1.83 bits per heavy atom. The summed E-state index contributed by atoms with van der Waals surface area (Å²) in [6.07, 6.45) is 1.09. The van der Waals surface area contributed by atoms with E-state index in [-0.39, 0.29) is 5.91 Å². The van der Waals surface area contributed by atoms with E-state index in [2.05, 4.69) is 5.32 Å². The van der Waals surface area contributed by atoms with Crippen LogP contribution < -0.4 is 14.4 Å². The van der Waals surface area contributed by atoms with Crippen LogP contribution in [-0.2, 0) is 14.8 Å². The smallest absolute Gasteiger partial charge is 0.243 e. The van der Waals surface area contributed by atoms with Crippen molar-refractivity contribution in [2.24, 2.45) is 0 Å². The van der Waals surface area contributed by atoms with Crippen molar-refractivity contribution in [3.05, 3.63) is 24.3 Å². The highest BCUT2D eigenvalue weighted by Gasteiger charge is 2.28. The molecule has 136 valence electrons. The molecule has 0 saturated carbocycles. The molecule has 8 heteroatoms. The second-order valence-electron chi connectivity index (χ2n) is 5.76. The van der Waals surface area contributed by atoms with Crippen LogP contribution in [0.2, 0.25) is 0 Å². The Morgan fingerprint density at radius 1 is 1.25 bits per heavy atom. The minimum Gasteiger partial charge on any atom is -0.494 e. The fourth-order valence-electron chi connectivity index (χ4n) is 2.22. The van der Waals surface area contributed by atoms with Gasteiger partial charge in [0.05, 0.1) is 18.6 Å². The van der Waals surface area contributed by atoms with Crippen molar-refractivity contribution in [2.75, 3.05) is 44.4 Å². The number of nitrogens with one attached hydrogen (secondary N) is 1. The number of ether oxygens (including phenoxy) is 1. The molecule has 0 bridgehead atoms. The number of hydrogen-bond acceptors (Lipinski definition) is 5. The van der Waals surface area contributed by atoms with Gasteiger partial charge < -0.3 is 15.0 Å². The van der Waals surface area contributed by atoms with Gasteiger partial charge in [0.1, 0.15) is 11.8 Å². The van der Waals surface area contributed by atoms with Gasteiger partial charge in [-0.3, -0.25) is 9.10 Å². The van der Waals surface area contributed by atoms with E-state index in [0.717, 1.165) is 10.6 Å². The maximum atomic E-state index is 12.3. The number of carbonyl (C=O) groups is 1. The Morgan fingerprint density at radius 3 is 2.29 bits per heavy atom. The Labute approximate surface area is 144 Å². The van der Waals surface area contributed by atoms with E-state index < -0.39 is 16.1 Å². The molecule has 0 aliphatic heterocycles. The van der Waals surface area contributed by atoms with Crippen LogP contribution in [0, 0.1) is 0 Å². The number of likely N-dealkylation sites (N-methyl/N-ethyl adjacent to an activating group) is 1. The third kappa shape index (κ3) is 6.01. The summed E-state index contributed by atoms with van der Waals surface area (Å²) in [4.78, 5) is 14.2. The lowest BCUT2D eigenvalue weighted by Crippen LogP contribution is -2.48. The minimum atomic E-state index is -3.61. The summed E-state index contributed by atoms with van der Waals surface area (Å²) in [7, 11) is 0.195. The van der Waals surface area contributed by atoms with Gasteiger partial charge in [-0.25, -0.2) is 8.42 Å². The zero-order valence-electron chi connectivity index (χ0n) is 14.9. The van der Waals surface area contributed by atoms with Crippen LogP contribution >= 0.6 is 0 Å². The fraction of sp³-hybridized carbons (Fsp3) is 0.562. The zero-order valence-corrected chi connectivity index (χ0v) is 15.8. The first-order valence-corrected chi connectivity index (χ1v) is 9.66. The van der Waals surface area contributed by atoms with Crippen LogP contribution in [0.3, 0.4) is 0 Å². The molecule has 0 heterocycles. The van der Waals surface area contributed by atoms with Gasteiger partial charge in [0.15, 0.2) is 0 Å². The highest BCUT2D eigenvalue weighted by Crippen LogP contribution is 2.24. The van der Waals surface area contributed by atoms with Gasteiger partial charge in [0.25, 0.3) is 0 Å². The summed E-state index contributed by atoms with van der Waals surface area (Å²) in [5, 5.41) is 2.76. The Bertz CT molecular complexity index is 629. The molecule has 0 aliphatic carbocycles. The van der Waals surface area contributed by atoms with E-state index in [1.165, 1.54) is 0 Å². The molecular weight excluding hydrogens is 330 g/mol. The van der Waals surface area contributed by atoms with E-state index in [0.29, 0.717) is 31.1 Å². The highest BCUT2D eigenvalue weighted by molar-refractivity contribution is 7.92. The maximum Gasteiger partial charge on any atom is 0.243 e. The molecule has 1 aromatic rings. The Kier molecular flexibility index (Phi) is 7.50. The molecule has 7 nitrogen and oxygen atoms in total. The fourth-order valence-corrected chi connectivity index (χ4v) is 3.39. The predicted molar refractivity (Wildman–Crippen MR) is 96.0 cm³/mol. The monoisotopic (exact) mass is 357 g/mol. The average molecular weight is 357 g/mol. The summed E-state index contributed by atoms with van der Waals surface area (Å²) < 4.78 is 30.8. The molecule has 0 saturated heterocycles. The van der Waals surface area contributed by atoms with Crippen LogP contribution in [0.4, 0.5) is 5.69 Å². The average Bonchev–Trinajstić information content (AvgIpc) is 2.47. The number of sulfonamides is 1. The van der Waals surface area contributed by atoms with Gasteiger partial charge in [0, 0.05) is 13.1 Å². The van der Waals surface area contributed by atoms with Crippen molar-refractivity contribution in [3.63, 3.8) is 0 Å². The summed E-state index contributed by atoms with van der Waals surface area (Å²) >= 11 is 0. The van der Waals surface area contributed by atoms with Crippen LogP contribution in [0.5, 0.6) is 5.75 Å². The molecule has 1 aromatic carbocycles. The van der Waals surface area contributed by atoms with Gasteiger partial charge in [-0.1, -0.05) is 0 Å². The zero-order chi connectivity index (χ0) is 18.3. The third-order valence-corrected chi connectivity index (χ3v) is 4.59. The van der Waals surface area contributed by atoms with Gasteiger partial charge in [-0.05, 0) is 52.2 Å². The van der Waals surface area contributed by atoms with Crippen LogP contribution in [0.15, 0.2) is 24.3 Å². The third-order valence-electron chi connectivity index (χ3n) is 3.35. The van der Waals surface area contributed by atoms with Gasteiger partial charge in [-0.2, -0.15) is 0 Å². The second-order valence-corrected chi connectivity index (χ2v) is 7.62. The number of benzene rings is 1. The van der Waals surface area contributed by atoms with E-state index in [4.69, 9.17) is 4.74 Å². The maximum absolute atomic E-state index is 12.3. The lowest BCUT2D eigenvalue weighted by Gasteiger charge is -2.28. The second kappa shape index (κ2) is 8.89. The highest BCUT2D eigenvalue weighted by atomic mass is 32.2. The first kappa shape index (κ1) is 20.2. The molecule has 1 amide bonds. The largest absolute Gasteiger partial charge is 0.494 e. The molecule has 1 rings (SSSR count). The van der Waals surface area contributed by atoms with Crippen molar-refractivity contribution in [2.45, 2.75) is 19.9 Å². The molecule has 0 fully saturated rings. The van der Waals surface area contributed by atoms with Crippen molar-refractivity contribution in [1.29, 1.82) is 0 Å². The topological polar surface area (TPSA) is 79.0 Å². The number of nitrogens with zero attached hydrogens (tertiary/aromatic N) is 2. The van der Waals surface area contributed by atoms with E-state index in [9.17, 15) is 13.2 Å². The van der Waals surface area contributed by atoms with E-state index >= 15 is 0 Å². The lowest BCUT2D eigenvalue weighted by molar-refractivity contribution is -0.121. The normalized spacial score (nSPS) is 12.8. The summed E-state index contributed by atoms with van der Waals surface area (Å²) in [5.74, 6) is 0.314. The molecule has 0 spiro atoms. The van der Waals surface area contributed by atoms with Crippen LogP contribution in [0.1, 0.15) is 13.8 Å². The molecule has 0 aliphatic rings. The van der Waals surface area contributed by atoms with Crippen LogP contribution in [-0.4, -0.2) is 65.3 Å². The number of amides is 1. The van der Waals surface area contributed by atoms with Gasteiger partial charge in [-0.15, -0.1) is 0 Å². The number of hydrogen-bond donors (Lipinski definition) is 1. The summed E-state index contributed by atoms with van der Waals surface area (Å²) in [6, 6.07) is 5.80. The predicted octanol–water partition coefficient (Wildman–Crippen LogP) is 0.918. The van der Waals surface area contributed by atoms with Crippen molar-refractivity contribution in [3.8, 4) is 5.75 Å². The number of rotatable bonds is 9. The molecule has 1 N–H and O–H groups in total.